The van der Waals surface area contributed by atoms with Gasteiger partial charge in [0, 0.05) is 25.8 Å². The standard InChI is InChI=1S/C25H21Br2N3O2S/c26-18-8-6-16(7-9-18)14-28-29-25-30(20-4-2-1-3-5-20)22(15-33-25)21-13-17-12-19(27)10-11-23(17)32-24(21)31/h6-15,20H,1-5H2/b28-14+,29-25+. The fraction of sp³-hybridized carbons (Fsp3) is 0.240. The lowest BCUT2D eigenvalue weighted by Crippen LogP contribution is -2.24. The van der Waals surface area contributed by atoms with E-state index in [9.17, 15) is 4.79 Å². The number of rotatable bonds is 4. The lowest BCUT2D eigenvalue weighted by Gasteiger charge is -2.24. The molecule has 0 atom stereocenters. The largest absolute Gasteiger partial charge is 0.422 e. The van der Waals surface area contributed by atoms with Crippen molar-refractivity contribution in [3.05, 3.63) is 83.6 Å². The van der Waals surface area contributed by atoms with Crippen LogP contribution in [0.3, 0.4) is 0 Å². The van der Waals surface area contributed by atoms with Crippen molar-refractivity contribution in [2.75, 3.05) is 0 Å². The maximum atomic E-state index is 12.9. The molecule has 1 aliphatic carbocycles. The van der Waals surface area contributed by atoms with Gasteiger partial charge < -0.3 is 8.98 Å². The highest BCUT2D eigenvalue weighted by molar-refractivity contribution is 9.10. The second-order valence-electron chi connectivity index (χ2n) is 8.09. The van der Waals surface area contributed by atoms with Gasteiger partial charge in [0.2, 0.25) is 4.80 Å². The van der Waals surface area contributed by atoms with Crippen molar-refractivity contribution in [2.24, 2.45) is 10.2 Å². The van der Waals surface area contributed by atoms with Crippen molar-refractivity contribution in [3.63, 3.8) is 0 Å². The molecule has 0 spiro atoms. The number of benzene rings is 2. The van der Waals surface area contributed by atoms with Crippen LogP contribution in [0.15, 0.2) is 82.3 Å². The van der Waals surface area contributed by atoms with Crippen molar-refractivity contribution in [2.45, 2.75) is 38.1 Å². The van der Waals surface area contributed by atoms with Crippen LogP contribution in [-0.4, -0.2) is 10.8 Å². The molecule has 0 N–H and O–H groups in total. The van der Waals surface area contributed by atoms with Crippen molar-refractivity contribution in [1.82, 2.24) is 4.57 Å². The Kier molecular flexibility index (Phi) is 6.76. The molecule has 8 heteroatoms. The summed E-state index contributed by atoms with van der Waals surface area (Å²) in [7, 11) is 0. The van der Waals surface area contributed by atoms with E-state index >= 15 is 0 Å². The molecule has 0 bridgehead atoms. The Bertz CT molecular complexity index is 1450. The summed E-state index contributed by atoms with van der Waals surface area (Å²) in [6, 6.07) is 15.8. The summed E-state index contributed by atoms with van der Waals surface area (Å²) in [5, 5.41) is 11.8. The Morgan fingerprint density at radius 2 is 1.76 bits per heavy atom. The Morgan fingerprint density at radius 1 is 1.00 bits per heavy atom. The van der Waals surface area contributed by atoms with Gasteiger partial charge in [0.15, 0.2) is 0 Å². The second kappa shape index (κ2) is 9.91. The van der Waals surface area contributed by atoms with Gasteiger partial charge in [0.05, 0.1) is 17.5 Å². The average Bonchev–Trinajstić information content (AvgIpc) is 3.24. The molecule has 1 aliphatic rings. The first-order valence-electron chi connectivity index (χ1n) is 10.8. The Balaban J connectivity index is 1.61. The van der Waals surface area contributed by atoms with Gasteiger partial charge in [-0.05, 0) is 54.8 Å². The van der Waals surface area contributed by atoms with Crippen LogP contribution in [0.2, 0.25) is 0 Å². The summed E-state index contributed by atoms with van der Waals surface area (Å²) in [4.78, 5) is 13.7. The molecule has 2 aromatic heterocycles. The molecular weight excluding hydrogens is 566 g/mol. The number of fused-ring (bicyclic) bond motifs is 1. The van der Waals surface area contributed by atoms with Gasteiger partial charge >= 0.3 is 5.63 Å². The van der Waals surface area contributed by atoms with E-state index < -0.39 is 0 Å². The molecule has 5 nitrogen and oxygen atoms in total. The molecule has 1 saturated carbocycles. The SMILES string of the molecule is O=c1oc2ccc(Br)cc2cc1-c1cs/c(=N/N=C/c2ccc(Br)cc2)n1C1CCCCC1. The minimum Gasteiger partial charge on any atom is -0.422 e. The summed E-state index contributed by atoms with van der Waals surface area (Å²) >= 11 is 8.46. The number of halogens is 2. The van der Waals surface area contributed by atoms with Crippen LogP contribution in [0, 0.1) is 0 Å². The Labute approximate surface area is 211 Å². The summed E-state index contributed by atoms with van der Waals surface area (Å²) < 4.78 is 9.81. The molecule has 2 aromatic carbocycles. The Hall–Kier alpha value is -2.29. The summed E-state index contributed by atoms with van der Waals surface area (Å²) in [6.45, 7) is 0. The van der Waals surface area contributed by atoms with Crippen LogP contribution in [0.25, 0.3) is 22.2 Å². The van der Waals surface area contributed by atoms with Gasteiger partial charge in [-0.25, -0.2) is 4.79 Å². The highest BCUT2D eigenvalue weighted by atomic mass is 79.9. The molecule has 33 heavy (non-hydrogen) atoms. The van der Waals surface area contributed by atoms with Crippen LogP contribution in [0.5, 0.6) is 0 Å². The predicted octanol–water partition coefficient (Wildman–Crippen LogP) is 7.29. The first-order chi connectivity index (χ1) is 16.1. The number of hydrogen-bond acceptors (Lipinski definition) is 5. The summed E-state index contributed by atoms with van der Waals surface area (Å²) in [5.41, 5.74) is 2.62. The molecular formula is C25H21Br2N3O2S. The van der Waals surface area contributed by atoms with E-state index in [1.807, 2.05) is 53.9 Å². The van der Waals surface area contributed by atoms with Crippen molar-refractivity contribution < 1.29 is 4.42 Å². The van der Waals surface area contributed by atoms with E-state index in [2.05, 4.69) is 46.6 Å². The van der Waals surface area contributed by atoms with E-state index in [4.69, 9.17) is 4.42 Å². The smallest absolute Gasteiger partial charge is 0.345 e. The molecule has 1 fully saturated rings. The van der Waals surface area contributed by atoms with E-state index in [0.717, 1.165) is 43.2 Å². The zero-order valence-corrected chi connectivity index (χ0v) is 21.7. The fourth-order valence-corrected chi connectivity index (χ4v) is 5.80. The zero-order valence-electron chi connectivity index (χ0n) is 17.7. The Morgan fingerprint density at radius 3 is 2.55 bits per heavy atom. The maximum absolute atomic E-state index is 12.9. The van der Waals surface area contributed by atoms with Gasteiger partial charge in [0.25, 0.3) is 0 Å². The lowest BCUT2D eigenvalue weighted by atomic mass is 9.95. The van der Waals surface area contributed by atoms with Crippen molar-refractivity contribution in [3.8, 4) is 11.3 Å². The average molecular weight is 587 g/mol. The monoisotopic (exact) mass is 585 g/mol. The number of hydrogen-bond donors (Lipinski definition) is 0. The fourth-order valence-electron chi connectivity index (χ4n) is 4.25. The van der Waals surface area contributed by atoms with Crippen LogP contribution in [0.4, 0.5) is 0 Å². The van der Waals surface area contributed by atoms with Crippen molar-refractivity contribution in [1.29, 1.82) is 0 Å². The van der Waals surface area contributed by atoms with Crippen LogP contribution in [-0.2, 0) is 0 Å². The van der Waals surface area contributed by atoms with Crippen LogP contribution >= 0.6 is 43.2 Å². The van der Waals surface area contributed by atoms with Gasteiger partial charge in [-0.15, -0.1) is 16.4 Å². The van der Waals surface area contributed by atoms with E-state index in [0.29, 0.717) is 17.2 Å². The predicted molar refractivity (Wildman–Crippen MR) is 141 cm³/mol. The lowest BCUT2D eigenvalue weighted by molar-refractivity contribution is 0.350. The van der Waals surface area contributed by atoms with E-state index in [1.54, 1.807) is 6.21 Å². The van der Waals surface area contributed by atoms with Gasteiger partial charge in [-0.1, -0.05) is 63.3 Å². The molecule has 2 heterocycles. The molecule has 168 valence electrons. The first-order valence-corrected chi connectivity index (χ1v) is 13.3. The van der Waals surface area contributed by atoms with Gasteiger partial charge in [-0.3, -0.25) is 0 Å². The highest BCUT2D eigenvalue weighted by Crippen LogP contribution is 2.32. The highest BCUT2D eigenvalue weighted by Gasteiger charge is 2.22. The topological polar surface area (TPSA) is 59.9 Å². The molecule has 5 rings (SSSR count). The molecule has 4 aromatic rings. The second-order valence-corrected chi connectivity index (χ2v) is 10.8. The summed E-state index contributed by atoms with van der Waals surface area (Å²) in [6.07, 6.45) is 7.48. The maximum Gasteiger partial charge on any atom is 0.345 e. The minimum atomic E-state index is -0.336. The minimum absolute atomic E-state index is 0.291. The number of thiazole rings is 1. The molecule has 0 saturated heterocycles. The molecule has 0 aliphatic heterocycles. The molecule has 0 radical (unpaired) electrons. The summed E-state index contributed by atoms with van der Waals surface area (Å²) in [5.74, 6) is 0. The third kappa shape index (κ3) is 4.98. The third-order valence-electron chi connectivity index (χ3n) is 5.87. The number of nitrogens with zero attached hydrogens (tertiary/aromatic N) is 3. The first kappa shape index (κ1) is 22.5. The third-order valence-corrected chi connectivity index (χ3v) is 7.72. The van der Waals surface area contributed by atoms with Gasteiger partial charge in [0.1, 0.15) is 5.58 Å². The number of aromatic nitrogens is 1. The van der Waals surface area contributed by atoms with Crippen molar-refractivity contribution >= 4 is 60.4 Å². The van der Waals surface area contributed by atoms with Crippen LogP contribution < -0.4 is 10.4 Å². The normalized spacial score (nSPS) is 15.6. The zero-order chi connectivity index (χ0) is 22.8. The van der Waals surface area contributed by atoms with E-state index in [1.165, 1.54) is 30.6 Å². The van der Waals surface area contributed by atoms with Crippen LogP contribution in [0.1, 0.15) is 43.7 Å². The molecule has 0 unspecified atom stereocenters. The van der Waals surface area contributed by atoms with Gasteiger partial charge in [-0.2, -0.15) is 5.10 Å². The molecule has 0 amide bonds. The van der Waals surface area contributed by atoms with E-state index in [-0.39, 0.29) is 5.63 Å². The quantitative estimate of drug-likeness (QED) is 0.143.